The van der Waals surface area contributed by atoms with Gasteiger partial charge in [0.1, 0.15) is 11.9 Å². The van der Waals surface area contributed by atoms with Crippen LogP contribution >= 0.6 is 0 Å². The molecule has 3 atom stereocenters. The Morgan fingerprint density at radius 2 is 1.59 bits per heavy atom. The number of aliphatic hydroxyl groups is 3. The molecule has 3 unspecified atom stereocenters. The molecule has 0 saturated heterocycles. The first-order valence-corrected chi connectivity index (χ1v) is 10.1. The zero-order chi connectivity index (χ0) is 25.0. The Morgan fingerprint density at radius 3 is 2.00 bits per heavy atom. The van der Waals surface area contributed by atoms with Gasteiger partial charge in [0.25, 0.3) is 0 Å². The summed E-state index contributed by atoms with van der Waals surface area (Å²) in [6, 6.07) is 6.12. The molecule has 0 spiro atoms. The lowest BCUT2D eigenvalue weighted by molar-refractivity contribution is -0.284. The van der Waals surface area contributed by atoms with Gasteiger partial charge in [-0.2, -0.15) is 22.0 Å². The molecule has 0 radical (unpaired) electrons. The molecule has 0 aliphatic carbocycles. The molecule has 1 aromatic carbocycles. The summed E-state index contributed by atoms with van der Waals surface area (Å²) in [5.74, 6) is -4.46. The molecule has 11 heteroatoms. The lowest BCUT2D eigenvalue weighted by Gasteiger charge is -2.35. The van der Waals surface area contributed by atoms with Gasteiger partial charge in [-0.25, -0.2) is 0 Å². The predicted molar refractivity (Wildman–Crippen MR) is 110 cm³/mol. The number of likely N-dealkylation sites (N-methyl/N-ethyl adjacent to an activating group) is 1. The summed E-state index contributed by atoms with van der Waals surface area (Å²) in [5.41, 5.74) is -0.445. The van der Waals surface area contributed by atoms with Crippen molar-refractivity contribution >= 4 is 0 Å². The average molecular weight is 475 g/mol. The number of rotatable bonds is 12. The van der Waals surface area contributed by atoms with E-state index in [2.05, 4.69) is 10.1 Å². The van der Waals surface area contributed by atoms with Crippen LogP contribution in [0.5, 0.6) is 5.75 Å². The first-order chi connectivity index (χ1) is 14.8. The zero-order valence-corrected chi connectivity index (χ0v) is 18.8. The van der Waals surface area contributed by atoms with Crippen molar-refractivity contribution in [1.29, 1.82) is 0 Å². The molecule has 1 rings (SSSR count). The molecule has 4 N–H and O–H groups in total. The van der Waals surface area contributed by atoms with Crippen molar-refractivity contribution in [1.82, 2.24) is 5.32 Å². The maximum atomic E-state index is 12.8. The quantitative estimate of drug-likeness (QED) is 0.275. The fourth-order valence-electron chi connectivity index (χ4n) is 2.45. The molecular weight excluding hydrogens is 441 g/mol. The molecular formula is C21H34F5NO5. The van der Waals surface area contributed by atoms with Crippen molar-refractivity contribution in [2.75, 3.05) is 34.0 Å². The van der Waals surface area contributed by atoms with Gasteiger partial charge in [-0.1, -0.05) is 12.1 Å². The van der Waals surface area contributed by atoms with Gasteiger partial charge in [-0.3, -0.25) is 0 Å². The zero-order valence-electron chi connectivity index (χ0n) is 18.8. The van der Waals surface area contributed by atoms with Crippen LogP contribution in [0.1, 0.15) is 32.3 Å². The van der Waals surface area contributed by atoms with Crippen molar-refractivity contribution in [2.24, 2.45) is 0 Å². The summed E-state index contributed by atoms with van der Waals surface area (Å²) in [5, 5.41) is 32.4. The molecule has 0 saturated carbocycles. The molecule has 0 aromatic heterocycles. The number of methoxy groups -OCH3 is 1. The Labute approximate surface area is 185 Å². The minimum absolute atomic E-state index is 0.0799. The highest BCUT2D eigenvalue weighted by Gasteiger charge is 2.56. The molecule has 0 aliphatic rings. The second-order valence-corrected chi connectivity index (χ2v) is 7.42. The van der Waals surface area contributed by atoms with E-state index in [1.165, 1.54) is 12.1 Å². The van der Waals surface area contributed by atoms with Crippen LogP contribution < -0.4 is 10.1 Å². The highest BCUT2D eigenvalue weighted by Crippen LogP contribution is 2.38. The van der Waals surface area contributed by atoms with E-state index in [-0.39, 0.29) is 25.4 Å². The molecule has 1 aromatic rings. The second kappa shape index (κ2) is 13.9. The Hall–Kier alpha value is -1.53. The Morgan fingerprint density at radius 1 is 1.06 bits per heavy atom. The lowest BCUT2D eigenvalue weighted by atomic mass is 9.89. The highest BCUT2D eigenvalue weighted by molar-refractivity contribution is 5.28. The van der Waals surface area contributed by atoms with Crippen LogP contribution in [0.25, 0.3) is 0 Å². The standard InChI is InChI=1S/C18H26F5NO4.C3H8O/c1-16(11-25,24-2)15(27)14(26)10-12-4-6-13(7-5-12)28-9-3-8-17(19,20)18(21,22)23;1-3-4-2/h4-7,14-15,24-27H,3,8-11H2,1-2H3;3H2,1-2H3. The normalized spacial score (nSPS) is 15.9. The van der Waals surface area contributed by atoms with Gasteiger partial charge in [-0.05, 0) is 45.0 Å². The van der Waals surface area contributed by atoms with Crippen LogP contribution in [0.15, 0.2) is 24.3 Å². The molecule has 0 bridgehead atoms. The molecule has 188 valence electrons. The topological polar surface area (TPSA) is 91.2 Å². The first-order valence-electron chi connectivity index (χ1n) is 10.1. The van der Waals surface area contributed by atoms with Crippen LogP contribution in [0, 0.1) is 0 Å². The van der Waals surface area contributed by atoms with Crippen LogP contribution in [0.3, 0.4) is 0 Å². The fraction of sp³-hybridized carbons (Fsp3) is 0.714. The third-order valence-corrected chi connectivity index (χ3v) is 4.89. The minimum Gasteiger partial charge on any atom is -0.494 e. The number of halogens is 5. The molecule has 32 heavy (non-hydrogen) atoms. The number of aliphatic hydroxyl groups excluding tert-OH is 3. The van der Waals surface area contributed by atoms with Crippen LogP contribution in [0.4, 0.5) is 22.0 Å². The molecule has 0 fully saturated rings. The summed E-state index contributed by atoms with van der Waals surface area (Å²) in [7, 11) is 3.23. The van der Waals surface area contributed by atoms with E-state index in [4.69, 9.17) is 4.74 Å². The van der Waals surface area contributed by atoms with Gasteiger partial charge < -0.3 is 30.1 Å². The number of alkyl halides is 5. The monoisotopic (exact) mass is 475 g/mol. The van der Waals surface area contributed by atoms with Crippen LogP contribution in [0.2, 0.25) is 0 Å². The smallest absolute Gasteiger partial charge is 0.453 e. The number of benzene rings is 1. The van der Waals surface area contributed by atoms with E-state index in [0.29, 0.717) is 5.56 Å². The van der Waals surface area contributed by atoms with Crippen LogP contribution in [-0.4, -0.2) is 79.1 Å². The fourth-order valence-corrected chi connectivity index (χ4v) is 2.45. The highest BCUT2D eigenvalue weighted by atomic mass is 19.4. The second-order valence-electron chi connectivity index (χ2n) is 7.42. The van der Waals surface area contributed by atoms with Gasteiger partial charge in [0.05, 0.1) is 24.9 Å². The largest absolute Gasteiger partial charge is 0.494 e. The van der Waals surface area contributed by atoms with Gasteiger partial charge in [0, 0.05) is 26.6 Å². The third kappa shape index (κ3) is 9.95. The Balaban J connectivity index is 0.00000220. The summed E-state index contributed by atoms with van der Waals surface area (Å²) < 4.78 is 71.5. The number of hydrogen-bond donors (Lipinski definition) is 4. The molecule has 0 heterocycles. The van der Waals surface area contributed by atoms with E-state index in [1.807, 2.05) is 6.92 Å². The van der Waals surface area contributed by atoms with Crippen LogP contribution in [-0.2, 0) is 11.2 Å². The van der Waals surface area contributed by atoms with E-state index >= 15 is 0 Å². The van der Waals surface area contributed by atoms with Gasteiger partial charge in [0.15, 0.2) is 0 Å². The molecule has 6 nitrogen and oxygen atoms in total. The first kappa shape index (κ1) is 30.5. The van der Waals surface area contributed by atoms with Crippen molar-refractivity contribution in [2.45, 2.75) is 63.0 Å². The SMILES string of the molecule is CCOC.CNC(C)(CO)C(O)C(O)Cc1ccc(OCCCC(F)(F)C(F)(F)F)cc1. The maximum Gasteiger partial charge on any atom is 0.453 e. The number of ether oxygens (including phenoxy) is 2. The lowest BCUT2D eigenvalue weighted by Crippen LogP contribution is -2.58. The predicted octanol–water partition coefficient (Wildman–Crippen LogP) is 2.93. The van der Waals surface area contributed by atoms with Crippen molar-refractivity contribution in [3.8, 4) is 5.75 Å². The third-order valence-electron chi connectivity index (χ3n) is 4.89. The molecule has 0 amide bonds. The average Bonchev–Trinajstić information content (AvgIpc) is 2.76. The summed E-state index contributed by atoms with van der Waals surface area (Å²) in [4.78, 5) is 0. The summed E-state index contributed by atoms with van der Waals surface area (Å²) >= 11 is 0. The Bertz CT molecular complexity index is 622. The van der Waals surface area contributed by atoms with E-state index in [9.17, 15) is 37.3 Å². The maximum absolute atomic E-state index is 12.8. The minimum atomic E-state index is -5.57. The number of nitrogens with one attached hydrogen (secondary N) is 1. The van der Waals surface area contributed by atoms with E-state index in [0.717, 1.165) is 6.61 Å². The Kier molecular flexibility index (Phi) is 13.2. The van der Waals surface area contributed by atoms with Gasteiger partial charge in [-0.15, -0.1) is 0 Å². The van der Waals surface area contributed by atoms with Crippen molar-refractivity contribution in [3.05, 3.63) is 29.8 Å². The summed E-state index contributed by atoms with van der Waals surface area (Å²) in [6.07, 6.45) is -9.72. The summed E-state index contributed by atoms with van der Waals surface area (Å²) in [6.45, 7) is 3.64. The molecule has 0 aliphatic heterocycles. The van der Waals surface area contributed by atoms with Gasteiger partial charge >= 0.3 is 12.1 Å². The number of hydrogen-bond acceptors (Lipinski definition) is 6. The van der Waals surface area contributed by atoms with Gasteiger partial charge in [0.2, 0.25) is 0 Å². The van der Waals surface area contributed by atoms with Crippen molar-refractivity contribution < 1.29 is 46.7 Å². The van der Waals surface area contributed by atoms with E-state index in [1.54, 1.807) is 33.2 Å². The van der Waals surface area contributed by atoms with E-state index < -0.39 is 42.7 Å². The van der Waals surface area contributed by atoms with Crippen molar-refractivity contribution in [3.63, 3.8) is 0 Å².